The van der Waals surface area contributed by atoms with Gasteiger partial charge < -0.3 is 15.2 Å². The van der Waals surface area contributed by atoms with E-state index in [2.05, 4.69) is 40.8 Å². The molecular formula is C23H26ClN3O. The number of rotatable bonds is 6. The van der Waals surface area contributed by atoms with Gasteiger partial charge in [-0.1, -0.05) is 48.0 Å². The van der Waals surface area contributed by atoms with Gasteiger partial charge in [0.1, 0.15) is 0 Å². The molecule has 1 aliphatic rings. The fraction of sp³-hybridized carbons (Fsp3) is 0.348. The van der Waals surface area contributed by atoms with Crippen LogP contribution >= 0.6 is 11.6 Å². The molecule has 0 radical (unpaired) electrons. The van der Waals surface area contributed by atoms with E-state index >= 15 is 0 Å². The Morgan fingerprint density at radius 1 is 1.11 bits per heavy atom. The van der Waals surface area contributed by atoms with Gasteiger partial charge in [-0.05, 0) is 43.0 Å². The maximum Gasteiger partial charge on any atom is 0.239 e. The number of aromatic nitrogens is 1. The average Bonchev–Trinajstić information content (AvgIpc) is 3.39. The zero-order valence-corrected chi connectivity index (χ0v) is 16.9. The van der Waals surface area contributed by atoms with Crippen LogP contribution in [-0.4, -0.2) is 41.5 Å². The molecule has 1 amide bonds. The first-order valence-corrected chi connectivity index (χ1v) is 10.4. The largest absolute Gasteiger partial charge is 0.361 e. The number of hydrogen-bond acceptors (Lipinski definition) is 2. The molecule has 0 bridgehead atoms. The number of hydrogen-bond donors (Lipinski definition) is 2. The number of carbonyl (C=O) groups is 1. The summed E-state index contributed by atoms with van der Waals surface area (Å²) in [5.41, 5.74) is 3.37. The van der Waals surface area contributed by atoms with Gasteiger partial charge in [-0.2, -0.15) is 0 Å². The molecule has 0 saturated carbocycles. The summed E-state index contributed by atoms with van der Waals surface area (Å²) >= 11 is 6.56. The molecule has 1 saturated heterocycles. The Morgan fingerprint density at radius 2 is 1.82 bits per heavy atom. The lowest BCUT2D eigenvalue weighted by Crippen LogP contribution is -2.44. The molecular weight excluding hydrogens is 370 g/mol. The van der Waals surface area contributed by atoms with Gasteiger partial charge in [0.05, 0.1) is 6.04 Å². The molecule has 0 unspecified atom stereocenters. The zero-order valence-electron chi connectivity index (χ0n) is 16.1. The molecule has 0 spiro atoms. The van der Waals surface area contributed by atoms with Crippen LogP contribution < -0.4 is 5.32 Å². The fourth-order valence-corrected chi connectivity index (χ4v) is 4.39. The SMILES string of the molecule is C[C@H](NC[C@@H](c1ccccc1Cl)c1c[nH]c2ccccc12)C(=O)N1CCCC1. The number of benzene rings is 2. The fourth-order valence-electron chi connectivity index (χ4n) is 4.12. The number of likely N-dealkylation sites (tertiary alicyclic amines) is 1. The molecule has 28 heavy (non-hydrogen) atoms. The number of halogens is 1. The van der Waals surface area contributed by atoms with Crippen LogP contribution in [0.5, 0.6) is 0 Å². The summed E-state index contributed by atoms with van der Waals surface area (Å²) in [6.07, 6.45) is 4.28. The highest BCUT2D eigenvalue weighted by Gasteiger charge is 2.25. The number of amides is 1. The van der Waals surface area contributed by atoms with Gasteiger partial charge in [-0.15, -0.1) is 0 Å². The Bertz CT molecular complexity index is 961. The van der Waals surface area contributed by atoms with Gasteiger partial charge in [0.2, 0.25) is 5.91 Å². The van der Waals surface area contributed by atoms with E-state index < -0.39 is 0 Å². The molecule has 146 valence electrons. The number of H-pyrrole nitrogens is 1. The lowest BCUT2D eigenvalue weighted by molar-refractivity contribution is -0.131. The molecule has 1 aliphatic heterocycles. The van der Waals surface area contributed by atoms with Crippen LogP contribution in [0.4, 0.5) is 0 Å². The molecule has 5 heteroatoms. The van der Waals surface area contributed by atoms with E-state index in [0.29, 0.717) is 6.54 Å². The Hall–Kier alpha value is -2.30. The van der Waals surface area contributed by atoms with Crippen LogP contribution in [0, 0.1) is 0 Å². The smallest absolute Gasteiger partial charge is 0.239 e. The highest BCUT2D eigenvalue weighted by Crippen LogP contribution is 2.34. The molecule has 0 aliphatic carbocycles. The number of aromatic amines is 1. The van der Waals surface area contributed by atoms with E-state index in [1.54, 1.807) is 0 Å². The van der Waals surface area contributed by atoms with Crippen molar-refractivity contribution in [3.8, 4) is 0 Å². The normalized spacial score (nSPS) is 16.4. The van der Waals surface area contributed by atoms with Crippen molar-refractivity contribution in [2.45, 2.75) is 31.7 Å². The van der Waals surface area contributed by atoms with E-state index in [1.807, 2.05) is 36.1 Å². The number of para-hydroxylation sites is 1. The number of carbonyl (C=O) groups excluding carboxylic acids is 1. The minimum absolute atomic E-state index is 0.0543. The van der Waals surface area contributed by atoms with Crippen LogP contribution in [0.25, 0.3) is 10.9 Å². The first-order chi connectivity index (χ1) is 13.6. The van der Waals surface area contributed by atoms with Crippen LogP contribution in [-0.2, 0) is 4.79 Å². The third-order valence-electron chi connectivity index (χ3n) is 5.69. The maximum atomic E-state index is 12.7. The molecule has 2 N–H and O–H groups in total. The molecule has 2 aromatic carbocycles. The Balaban J connectivity index is 1.60. The minimum atomic E-state index is -0.215. The van der Waals surface area contributed by atoms with Crippen molar-refractivity contribution in [2.24, 2.45) is 0 Å². The second-order valence-corrected chi connectivity index (χ2v) is 7.93. The van der Waals surface area contributed by atoms with E-state index in [0.717, 1.165) is 42.0 Å². The van der Waals surface area contributed by atoms with Crippen molar-refractivity contribution < 1.29 is 4.79 Å². The van der Waals surface area contributed by atoms with Crippen molar-refractivity contribution in [1.82, 2.24) is 15.2 Å². The molecule has 4 nitrogen and oxygen atoms in total. The topological polar surface area (TPSA) is 48.1 Å². The maximum absolute atomic E-state index is 12.7. The van der Waals surface area contributed by atoms with Crippen LogP contribution in [0.3, 0.4) is 0 Å². The molecule has 2 atom stereocenters. The van der Waals surface area contributed by atoms with Crippen molar-refractivity contribution in [1.29, 1.82) is 0 Å². The average molecular weight is 396 g/mol. The first kappa shape index (κ1) is 19.0. The minimum Gasteiger partial charge on any atom is -0.361 e. The monoisotopic (exact) mass is 395 g/mol. The first-order valence-electron chi connectivity index (χ1n) is 9.98. The van der Waals surface area contributed by atoms with E-state index in [1.165, 1.54) is 10.9 Å². The predicted octanol–water partition coefficient (Wildman–Crippen LogP) is 4.55. The van der Waals surface area contributed by atoms with E-state index in [4.69, 9.17) is 11.6 Å². The number of nitrogens with one attached hydrogen (secondary N) is 2. The molecule has 3 aromatic rings. The summed E-state index contributed by atoms with van der Waals surface area (Å²) in [5.74, 6) is 0.244. The van der Waals surface area contributed by atoms with Gasteiger partial charge in [-0.25, -0.2) is 0 Å². The summed E-state index contributed by atoms with van der Waals surface area (Å²) in [6.45, 7) is 4.36. The lowest BCUT2D eigenvalue weighted by atomic mass is 9.90. The van der Waals surface area contributed by atoms with Gasteiger partial charge in [0.15, 0.2) is 0 Å². The third kappa shape index (κ3) is 3.80. The Kier molecular flexibility index (Phi) is 5.69. The Labute approximate surface area is 170 Å². The predicted molar refractivity (Wildman–Crippen MR) is 115 cm³/mol. The van der Waals surface area contributed by atoms with Gasteiger partial charge >= 0.3 is 0 Å². The highest BCUT2D eigenvalue weighted by atomic mass is 35.5. The summed E-state index contributed by atoms with van der Waals surface area (Å²) in [7, 11) is 0. The highest BCUT2D eigenvalue weighted by molar-refractivity contribution is 6.31. The summed E-state index contributed by atoms with van der Waals surface area (Å²) < 4.78 is 0. The molecule has 1 aromatic heterocycles. The van der Waals surface area contributed by atoms with Gasteiger partial charge in [-0.3, -0.25) is 4.79 Å². The van der Waals surface area contributed by atoms with Gasteiger partial charge in [0.25, 0.3) is 0 Å². The lowest BCUT2D eigenvalue weighted by Gasteiger charge is -2.24. The van der Waals surface area contributed by atoms with E-state index in [-0.39, 0.29) is 17.9 Å². The zero-order chi connectivity index (χ0) is 19.5. The molecule has 2 heterocycles. The summed E-state index contributed by atoms with van der Waals surface area (Å²) in [6, 6.07) is 16.0. The molecule has 4 rings (SSSR count). The summed E-state index contributed by atoms with van der Waals surface area (Å²) in [4.78, 5) is 18.0. The second kappa shape index (κ2) is 8.38. The van der Waals surface area contributed by atoms with Crippen molar-refractivity contribution >= 4 is 28.4 Å². The van der Waals surface area contributed by atoms with Crippen molar-refractivity contribution in [3.05, 3.63) is 70.9 Å². The Morgan fingerprint density at radius 3 is 2.61 bits per heavy atom. The number of nitrogens with zero attached hydrogens (tertiary/aromatic N) is 1. The van der Waals surface area contributed by atoms with Crippen LogP contribution in [0.15, 0.2) is 54.7 Å². The quantitative estimate of drug-likeness (QED) is 0.643. The second-order valence-electron chi connectivity index (χ2n) is 7.53. The van der Waals surface area contributed by atoms with Gasteiger partial charge in [0, 0.05) is 47.7 Å². The van der Waals surface area contributed by atoms with Crippen LogP contribution in [0.2, 0.25) is 5.02 Å². The van der Waals surface area contributed by atoms with Crippen molar-refractivity contribution in [2.75, 3.05) is 19.6 Å². The van der Waals surface area contributed by atoms with E-state index in [9.17, 15) is 4.79 Å². The third-order valence-corrected chi connectivity index (χ3v) is 6.04. The van der Waals surface area contributed by atoms with Crippen molar-refractivity contribution in [3.63, 3.8) is 0 Å². The standard InChI is InChI=1S/C23H26ClN3O/c1-16(23(28)27-12-6-7-13-27)25-14-19(17-8-2-4-10-21(17)24)20-15-26-22-11-5-3-9-18(20)22/h2-5,8-11,15-16,19,25-26H,6-7,12-14H2,1H3/t16-,19-/m0/s1. The van der Waals surface area contributed by atoms with Crippen LogP contribution in [0.1, 0.15) is 36.8 Å². The molecule has 1 fully saturated rings. The summed E-state index contributed by atoms with van der Waals surface area (Å²) in [5, 5.41) is 5.41. The number of fused-ring (bicyclic) bond motifs is 1.